The lowest BCUT2D eigenvalue weighted by molar-refractivity contribution is -0.136. The number of hydrogen-bond acceptors (Lipinski definition) is 3. The van der Waals surface area contributed by atoms with E-state index in [1.165, 1.54) is 5.01 Å². The molecule has 0 saturated carbocycles. The highest BCUT2D eigenvalue weighted by atomic mass is 35.5. The molecule has 6 nitrogen and oxygen atoms in total. The summed E-state index contributed by atoms with van der Waals surface area (Å²) in [6.45, 7) is 0. The maximum atomic E-state index is 13.2. The molecule has 1 aliphatic rings. The first-order valence-corrected chi connectivity index (χ1v) is 11.0. The number of fused-ring (bicyclic) bond motifs is 1. The van der Waals surface area contributed by atoms with Crippen LogP contribution in [0.25, 0.3) is 10.9 Å². The van der Waals surface area contributed by atoms with E-state index in [2.05, 4.69) is 10.4 Å². The summed E-state index contributed by atoms with van der Waals surface area (Å²) in [7, 11) is 0. The van der Waals surface area contributed by atoms with Gasteiger partial charge in [0.2, 0.25) is 5.91 Å². The van der Waals surface area contributed by atoms with Crippen molar-refractivity contribution in [2.75, 3.05) is 5.32 Å². The number of carbonyl (C=O) groups is 2. The lowest BCUT2D eigenvalue weighted by Gasteiger charge is -2.21. The topological polar surface area (TPSA) is 66.7 Å². The summed E-state index contributed by atoms with van der Waals surface area (Å²) in [5, 5.41) is 10.5. The van der Waals surface area contributed by atoms with Gasteiger partial charge in [-0.2, -0.15) is 5.10 Å². The number of nitrogens with one attached hydrogen (secondary N) is 1. The summed E-state index contributed by atoms with van der Waals surface area (Å²) in [6, 6.07) is 26.3. The van der Waals surface area contributed by atoms with Crippen LogP contribution in [-0.4, -0.2) is 27.2 Å². The second-order valence-corrected chi connectivity index (χ2v) is 8.30. The number of hydrogen-bond donors (Lipinski definition) is 1. The average Bonchev–Trinajstić information content (AvgIpc) is 3.46. The smallest absolute Gasteiger partial charge is 0.252 e. The van der Waals surface area contributed by atoms with Crippen LogP contribution in [0.4, 0.5) is 5.69 Å². The maximum absolute atomic E-state index is 13.2. The Labute approximate surface area is 196 Å². The van der Waals surface area contributed by atoms with Crippen molar-refractivity contribution >= 4 is 45.8 Å². The summed E-state index contributed by atoms with van der Waals surface area (Å²) >= 11 is 5.90. The predicted octanol–water partition coefficient (Wildman–Crippen LogP) is 5.46. The van der Waals surface area contributed by atoms with Crippen molar-refractivity contribution in [1.82, 2.24) is 9.58 Å². The Balaban J connectivity index is 1.41. The molecular weight excluding hydrogens is 436 g/mol. The molecular formula is C26H21ClN4O2. The zero-order valence-electron chi connectivity index (χ0n) is 17.7. The summed E-state index contributed by atoms with van der Waals surface area (Å²) in [5.41, 5.74) is 2.58. The van der Waals surface area contributed by atoms with E-state index in [0.717, 1.165) is 22.3 Å². The van der Waals surface area contributed by atoms with Crippen LogP contribution in [0.2, 0.25) is 5.02 Å². The SMILES string of the molecule is O=C(CC(=O)N1N=C(n2ccc3ccccc32)C[C@@H]1c1ccccc1)Nc1ccc(Cl)cc1. The number of aromatic nitrogens is 1. The minimum atomic E-state index is -0.399. The molecule has 1 atom stereocenters. The molecule has 0 spiro atoms. The van der Waals surface area contributed by atoms with Gasteiger partial charge in [-0.05, 0) is 47.3 Å². The van der Waals surface area contributed by atoms with Gasteiger partial charge in [-0.25, -0.2) is 5.01 Å². The van der Waals surface area contributed by atoms with Gasteiger partial charge in [0.05, 0.1) is 11.6 Å². The fraction of sp³-hybridized carbons (Fsp3) is 0.115. The van der Waals surface area contributed by atoms with Gasteiger partial charge in [0.25, 0.3) is 5.91 Å². The molecule has 2 amide bonds. The Morgan fingerprint density at radius 2 is 1.67 bits per heavy atom. The van der Waals surface area contributed by atoms with Gasteiger partial charge in [-0.3, -0.25) is 9.59 Å². The summed E-state index contributed by atoms with van der Waals surface area (Å²) < 4.78 is 2.01. The Morgan fingerprint density at radius 1 is 0.939 bits per heavy atom. The van der Waals surface area contributed by atoms with Crippen molar-refractivity contribution in [3.8, 4) is 0 Å². The molecule has 5 rings (SSSR count). The van der Waals surface area contributed by atoms with Crippen LogP contribution in [0.5, 0.6) is 0 Å². The number of para-hydroxylation sites is 1. The lowest BCUT2D eigenvalue weighted by Crippen LogP contribution is -2.30. The van der Waals surface area contributed by atoms with E-state index in [-0.39, 0.29) is 18.4 Å². The molecule has 0 radical (unpaired) electrons. The van der Waals surface area contributed by atoms with Crippen LogP contribution in [0, 0.1) is 0 Å². The van der Waals surface area contributed by atoms with Gasteiger partial charge in [0.1, 0.15) is 12.3 Å². The number of rotatable bonds is 4. The van der Waals surface area contributed by atoms with E-state index in [9.17, 15) is 9.59 Å². The minimum absolute atomic E-state index is 0.279. The normalized spacial score (nSPS) is 15.5. The highest BCUT2D eigenvalue weighted by Crippen LogP contribution is 2.33. The Kier molecular flexibility index (Phi) is 5.67. The summed E-state index contributed by atoms with van der Waals surface area (Å²) in [5.74, 6) is 0.00230. The molecule has 0 bridgehead atoms. The van der Waals surface area contributed by atoms with E-state index in [0.29, 0.717) is 17.1 Å². The number of halogens is 1. The third-order valence-corrected chi connectivity index (χ3v) is 5.90. The number of benzene rings is 3. The van der Waals surface area contributed by atoms with Crippen LogP contribution in [0.3, 0.4) is 0 Å². The molecule has 0 fully saturated rings. The molecule has 1 N–H and O–H groups in total. The summed E-state index contributed by atoms with van der Waals surface area (Å²) in [4.78, 5) is 25.7. The van der Waals surface area contributed by atoms with E-state index >= 15 is 0 Å². The van der Waals surface area contributed by atoms with Gasteiger partial charge in [0, 0.05) is 23.3 Å². The number of anilines is 1. The Morgan fingerprint density at radius 3 is 2.45 bits per heavy atom. The number of carbonyl (C=O) groups excluding carboxylic acids is 2. The van der Waals surface area contributed by atoms with Crippen molar-refractivity contribution in [3.05, 3.63) is 102 Å². The van der Waals surface area contributed by atoms with Crippen molar-refractivity contribution < 1.29 is 9.59 Å². The van der Waals surface area contributed by atoms with E-state index in [4.69, 9.17) is 11.6 Å². The zero-order valence-corrected chi connectivity index (χ0v) is 18.4. The number of nitrogens with zero attached hydrogens (tertiary/aromatic N) is 3. The number of amides is 2. The Hall–Kier alpha value is -3.90. The minimum Gasteiger partial charge on any atom is -0.326 e. The molecule has 7 heteroatoms. The molecule has 2 heterocycles. The molecule has 0 saturated heterocycles. The van der Waals surface area contributed by atoms with Crippen LogP contribution in [0.15, 0.2) is 96.2 Å². The first-order valence-electron chi connectivity index (χ1n) is 10.6. The third kappa shape index (κ3) is 4.38. The molecule has 164 valence electrons. The van der Waals surface area contributed by atoms with Crippen LogP contribution in [-0.2, 0) is 9.59 Å². The molecule has 0 unspecified atom stereocenters. The van der Waals surface area contributed by atoms with Gasteiger partial charge in [-0.15, -0.1) is 0 Å². The fourth-order valence-electron chi connectivity index (χ4n) is 4.07. The predicted molar refractivity (Wildman–Crippen MR) is 130 cm³/mol. The first kappa shape index (κ1) is 21.0. The number of hydrazone groups is 1. The molecule has 4 aromatic rings. The zero-order chi connectivity index (χ0) is 22.8. The second-order valence-electron chi connectivity index (χ2n) is 7.86. The standard InChI is InChI=1S/C26H21ClN4O2/c27-20-10-12-21(13-11-20)28-25(32)17-26(33)31-23(18-6-2-1-3-7-18)16-24(29-31)30-15-14-19-8-4-5-9-22(19)30/h1-15,23H,16-17H2,(H,28,32)/t23-/m1/s1. The van der Waals surface area contributed by atoms with Crippen LogP contribution < -0.4 is 5.32 Å². The second kappa shape index (κ2) is 8.92. The van der Waals surface area contributed by atoms with Crippen LogP contribution >= 0.6 is 11.6 Å². The van der Waals surface area contributed by atoms with E-state index in [1.54, 1.807) is 24.3 Å². The van der Waals surface area contributed by atoms with E-state index in [1.807, 2.05) is 71.4 Å². The largest absolute Gasteiger partial charge is 0.326 e. The average molecular weight is 457 g/mol. The summed E-state index contributed by atoms with van der Waals surface area (Å²) in [6.07, 6.45) is 2.20. The molecule has 1 aliphatic heterocycles. The van der Waals surface area contributed by atoms with Gasteiger partial charge in [0.15, 0.2) is 0 Å². The highest BCUT2D eigenvalue weighted by molar-refractivity contribution is 6.30. The molecule has 3 aromatic carbocycles. The van der Waals surface area contributed by atoms with Crippen molar-refractivity contribution in [3.63, 3.8) is 0 Å². The quantitative estimate of drug-likeness (QED) is 0.414. The van der Waals surface area contributed by atoms with Gasteiger partial charge in [-0.1, -0.05) is 60.1 Å². The van der Waals surface area contributed by atoms with Crippen LogP contribution in [0.1, 0.15) is 24.4 Å². The molecule has 0 aliphatic carbocycles. The van der Waals surface area contributed by atoms with Crippen molar-refractivity contribution in [2.24, 2.45) is 5.10 Å². The highest BCUT2D eigenvalue weighted by Gasteiger charge is 2.34. The van der Waals surface area contributed by atoms with E-state index < -0.39 is 5.91 Å². The van der Waals surface area contributed by atoms with Gasteiger partial charge >= 0.3 is 0 Å². The maximum Gasteiger partial charge on any atom is 0.252 e. The molecule has 1 aromatic heterocycles. The lowest BCUT2D eigenvalue weighted by atomic mass is 10.0. The van der Waals surface area contributed by atoms with Gasteiger partial charge < -0.3 is 9.88 Å². The monoisotopic (exact) mass is 456 g/mol. The first-order chi connectivity index (χ1) is 16.1. The van der Waals surface area contributed by atoms with Crippen molar-refractivity contribution in [1.29, 1.82) is 0 Å². The fourth-order valence-corrected chi connectivity index (χ4v) is 4.20. The Bertz CT molecular complexity index is 1350. The van der Waals surface area contributed by atoms with Crippen molar-refractivity contribution in [2.45, 2.75) is 18.9 Å². The third-order valence-electron chi connectivity index (χ3n) is 5.65. The molecule has 33 heavy (non-hydrogen) atoms.